The zero-order valence-electron chi connectivity index (χ0n) is 12.3. The fourth-order valence-electron chi connectivity index (χ4n) is 2.40. The van der Waals surface area contributed by atoms with Gasteiger partial charge in [0.1, 0.15) is 0 Å². The van der Waals surface area contributed by atoms with Crippen molar-refractivity contribution in [3.8, 4) is 6.07 Å². The van der Waals surface area contributed by atoms with Gasteiger partial charge in [0.15, 0.2) is 5.69 Å². The Labute approximate surface area is 131 Å². The normalized spacial score (nSPS) is 23.0. The molecule has 2 atom stereocenters. The quantitative estimate of drug-likeness (QED) is 0.854. The van der Waals surface area contributed by atoms with Crippen LogP contribution in [0.4, 0.5) is 13.2 Å². The van der Waals surface area contributed by atoms with E-state index in [1.165, 1.54) is 10.9 Å². The highest BCUT2D eigenvalue weighted by atomic mass is 32.2. The van der Waals surface area contributed by atoms with E-state index < -0.39 is 11.9 Å². The maximum atomic E-state index is 12.6. The summed E-state index contributed by atoms with van der Waals surface area (Å²) in [5.74, 6) is 0.0305. The Kier molecular flexibility index (Phi) is 5.06. The van der Waals surface area contributed by atoms with Crippen LogP contribution in [0.1, 0.15) is 17.8 Å². The topological polar surface area (TPSA) is 44.9 Å². The van der Waals surface area contributed by atoms with Crippen LogP contribution in [0, 0.1) is 24.2 Å². The van der Waals surface area contributed by atoms with Gasteiger partial charge < -0.3 is 4.90 Å². The van der Waals surface area contributed by atoms with Gasteiger partial charge >= 0.3 is 6.18 Å². The van der Waals surface area contributed by atoms with E-state index in [1.54, 1.807) is 24.9 Å². The maximum absolute atomic E-state index is 12.6. The molecule has 0 spiro atoms. The highest BCUT2D eigenvalue weighted by molar-refractivity contribution is 7.99. The summed E-state index contributed by atoms with van der Waals surface area (Å²) in [5, 5.41) is 12.9. The third-order valence-electron chi connectivity index (χ3n) is 3.69. The second-order valence-corrected chi connectivity index (χ2v) is 6.28. The third-order valence-corrected chi connectivity index (χ3v) is 4.77. The SMILES string of the molecule is CSC1CN(C=Cn2nc(C(F)(F)F)cc2C)CCC1C#N. The lowest BCUT2D eigenvalue weighted by Gasteiger charge is -2.34. The number of hydrogen-bond donors (Lipinski definition) is 0. The molecule has 0 radical (unpaired) electrons. The molecule has 4 nitrogen and oxygen atoms in total. The lowest BCUT2D eigenvalue weighted by molar-refractivity contribution is -0.141. The van der Waals surface area contributed by atoms with Gasteiger partial charge in [0, 0.05) is 36.4 Å². The van der Waals surface area contributed by atoms with Crippen LogP contribution in [-0.2, 0) is 6.18 Å². The van der Waals surface area contributed by atoms with Crippen molar-refractivity contribution in [2.45, 2.75) is 24.8 Å². The Balaban J connectivity index is 2.07. The van der Waals surface area contributed by atoms with Gasteiger partial charge in [-0.2, -0.15) is 35.3 Å². The van der Waals surface area contributed by atoms with Crippen LogP contribution in [0.25, 0.3) is 6.20 Å². The van der Waals surface area contributed by atoms with Crippen LogP contribution in [0.2, 0.25) is 0 Å². The van der Waals surface area contributed by atoms with E-state index in [4.69, 9.17) is 5.26 Å². The van der Waals surface area contributed by atoms with Crippen molar-refractivity contribution in [2.24, 2.45) is 5.92 Å². The smallest absolute Gasteiger partial charge is 0.375 e. The summed E-state index contributed by atoms with van der Waals surface area (Å²) in [4.78, 5) is 2.02. The summed E-state index contributed by atoms with van der Waals surface area (Å²) < 4.78 is 39.1. The lowest BCUT2D eigenvalue weighted by Crippen LogP contribution is -2.38. The van der Waals surface area contributed by atoms with Crippen LogP contribution in [0.3, 0.4) is 0 Å². The molecule has 1 fully saturated rings. The predicted molar refractivity (Wildman–Crippen MR) is 79.9 cm³/mol. The van der Waals surface area contributed by atoms with Crippen molar-refractivity contribution in [1.82, 2.24) is 14.7 Å². The van der Waals surface area contributed by atoms with Gasteiger partial charge in [-0.3, -0.25) is 0 Å². The summed E-state index contributed by atoms with van der Waals surface area (Å²) >= 11 is 1.65. The molecule has 0 bridgehead atoms. The Morgan fingerprint density at radius 2 is 2.18 bits per heavy atom. The van der Waals surface area contributed by atoms with E-state index in [-0.39, 0.29) is 11.2 Å². The van der Waals surface area contributed by atoms with Crippen LogP contribution < -0.4 is 0 Å². The Hall–Kier alpha value is -1.62. The van der Waals surface area contributed by atoms with Crippen molar-refractivity contribution in [3.05, 3.63) is 23.7 Å². The molecule has 1 aliphatic rings. The molecular formula is C14H17F3N4S. The molecule has 0 aromatic carbocycles. The highest BCUT2D eigenvalue weighted by Gasteiger charge is 2.34. The zero-order chi connectivity index (χ0) is 16.3. The van der Waals surface area contributed by atoms with Gasteiger partial charge in [0.05, 0.1) is 12.0 Å². The highest BCUT2D eigenvalue weighted by Crippen LogP contribution is 2.29. The Bertz CT molecular complexity index is 588. The first-order chi connectivity index (χ1) is 10.3. The maximum Gasteiger partial charge on any atom is 0.435 e. The molecular weight excluding hydrogens is 313 g/mol. The van der Waals surface area contributed by atoms with E-state index in [9.17, 15) is 13.2 Å². The molecule has 22 heavy (non-hydrogen) atoms. The van der Waals surface area contributed by atoms with Crippen LogP contribution in [0.15, 0.2) is 12.3 Å². The third kappa shape index (κ3) is 3.77. The number of hydrogen-bond acceptors (Lipinski definition) is 4. The minimum atomic E-state index is -4.43. The van der Waals surface area contributed by atoms with E-state index >= 15 is 0 Å². The van der Waals surface area contributed by atoms with Gasteiger partial charge in [0.25, 0.3) is 0 Å². The molecule has 0 aliphatic carbocycles. The number of halogens is 3. The molecule has 2 rings (SSSR count). The van der Waals surface area contributed by atoms with Gasteiger partial charge in [-0.05, 0) is 25.7 Å². The zero-order valence-corrected chi connectivity index (χ0v) is 13.2. The van der Waals surface area contributed by atoms with Crippen LogP contribution in [0.5, 0.6) is 0 Å². The molecule has 120 valence electrons. The second kappa shape index (κ2) is 6.65. The standard InChI is InChI=1S/C14H17F3N4S/c1-10-7-13(14(15,16)17)19-21(10)6-5-20-4-3-11(8-18)12(9-20)22-2/h5-7,11-12H,3-4,9H2,1-2H3. The van der Waals surface area contributed by atoms with Crippen molar-refractivity contribution in [3.63, 3.8) is 0 Å². The first-order valence-electron chi connectivity index (χ1n) is 6.83. The van der Waals surface area contributed by atoms with Crippen molar-refractivity contribution in [2.75, 3.05) is 19.3 Å². The molecule has 2 heterocycles. The molecule has 0 saturated carbocycles. The van der Waals surface area contributed by atoms with Crippen molar-refractivity contribution < 1.29 is 13.2 Å². The summed E-state index contributed by atoms with van der Waals surface area (Å²) in [6, 6.07) is 3.34. The van der Waals surface area contributed by atoms with Crippen molar-refractivity contribution >= 4 is 18.0 Å². The van der Waals surface area contributed by atoms with Gasteiger partial charge in [-0.25, -0.2) is 4.68 Å². The lowest BCUT2D eigenvalue weighted by atomic mass is 9.98. The average Bonchev–Trinajstić information content (AvgIpc) is 2.86. The average molecular weight is 330 g/mol. The second-order valence-electron chi connectivity index (χ2n) is 5.20. The van der Waals surface area contributed by atoms with Crippen molar-refractivity contribution in [1.29, 1.82) is 5.26 Å². The number of rotatable bonds is 3. The monoisotopic (exact) mass is 330 g/mol. The minimum Gasteiger partial charge on any atom is -0.375 e. The van der Waals surface area contributed by atoms with E-state index in [2.05, 4.69) is 11.2 Å². The number of likely N-dealkylation sites (tertiary alicyclic amines) is 1. The molecule has 1 saturated heterocycles. The van der Waals surface area contributed by atoms with E-state index in [0.717, 1.165) is 19.0 Å². The molecule has 0 amide bonds. The summed E-state index contributed by atoms with van der Waals surface area (Å²) in [6.07, 6.45) is 1.58. The number of piperidine rings is 1. The molecule has 8 heteroatoms. The molecule has 2 unspecified atom stereocenters. The summed E-state index contributed by atoms with van der Waals surface area (Å²) in [5.41, 5.74) is -0.461. The Morgan fingerprint density at radius 1 is 1.45 bits per heavy atom. The number of aromatic nitrogens is 2. The molecule has 1 aromatic rings. The number of thioether (sulfide) groups is 1. The molecule has 1 aromatic heterocycles. The van der Waals surface area contributed by atoms with Gasteiger partial charge in [-0.1, -0.05) is 0 Å². The summed E-state index contributed by atoms with van der Waals surface area (Å²) in [6.45, 7) is 3.01. The van der Waals surface area contributed by atoms with E-state index in [1.807, 2.05) is 11.2 Å². The van der Waals surface area contributed by atoms with Crippen LogP contribution in [-0.4, -0.2) is 39.3 Å². The summed E-state index contributed by atoms with van der Waals surface area (Å²) in [7, 11) is 0. The number of aryl methyl sites for hydroxylation is 1. The van der Waals surface area contributed by atoms with Gasteiger partial charge in [-0.15, -0.1) is 0 Å². The fraction of sp³-hybridized carbons (Fsp3) is 0.571. The number of nitriles is 1. The van der Waals surface area contributed by atoms with Crippen LogP contribution >= 0.6 is 11.8 Å². The minimum absolute atomic E-state index is 0.0305. The fourth-order valence-corrected chi connectivity index (χ4v) is 3.26. The molecule has 1 aliphatic heterocycles. The van der Waals surface area contributed by atoms with Gasteiger partial charge in [0.2, 0.25) is 0 Å². The predicted octanol–water partition coefficient (Wildman–Crippen LogP) is 3.22. The first-order valence-corrected chi connectivity index (χ1v) is 8.12. The molecule has 0 N–H and O–H groups in total. The largest absolute Gasteiger partial charge is 0.435 e. The Morgan fingerprint density at radius 3 is 2.73 bits per heavy atom. The number of nitrogens with zero attached hydrogens (tertiary/aromatic N) is 4. The first kappa shape index (κ1) is 16.7. The van der Waals surface area contributed by atoms with E-state index in [0.29, 0.717) is 12.2 Å². The number of alkyl halides is 3.